The molecule has 2 fully saturated rings. The molecule has 0 radical (unpaired) electrons. The molecular formula is C16H22N6O. The van der Waals surface area contributed by atoms with Crippen LogP contribution in [0.3, 0.4) is 0 Å². The van der Waals surface area contributed by atoms with Gasteiger partial charge in [-0.2, -0.15) is 10.1 Å². The van der Waals surface area contributed by atoms with Crippen molar-refractivity contribution in [1.82, 2.24) is 20.2 Å². The van der Waals surface area contributed by atoms with E-state index in [1.54, 1.807) is 6.20 Å². The van der Waals surface area contributed by atoms with Gasteiger partial charge in [-0.15, -0.1) is 0 Å². The van der Waals surface area contributed by atoms with Gasteiger partial charge in [-0.05, 0) is 37.7 Å². The van der Waals surface area contributed by atoms with Crippen LogP contribution in [0.4, 0.5) is 17.6 Å². The van der Waals surface area contributed by atoms with Gasteiger partial charge < -0.3 is 15.3 Å². The number of rotatable bonds is 5. The lowest BCUT2D eigenvalue weighted by Crippen LogP contribution is -2.37. The van der Waals surface area contributed by atoms with Crippen molar-refractivity contribution in [2.45, 2.75) is 31.6 Å². The maximum atomic E-state index is 9.37. The third kappa shape index (κ3) is 3.29. The summed E-state index contributed by atoms with van der Waals surface area (Å²) in [6.07, 6.45) is 6.40. The Bertz CT molecular complexity index is 668. The predicted molar refractivity (Wildman–Crippen MR) is 87.9 cm³/mol. The van der Waals surface area contributed by atoms with E-state index in [2.05, 4.69) is 36.4 Å². The lowest BCUT2D eigenvalue weighted by molar-refractivity contribution is 0.208. The van der Waals surface area contributed by atoms with Crippen LogP contribution >= 0.6 is 0 Å². The van der Waals surface area contributed by atoms with Crippen molar-refractivity contribution in [3.63, 3.8) is 0 Å². The Kier molecular flexibility index (Phi) is 3.87. The molecule has 23 heavy (non-hydrogen) atoms. The van der Waals surface area contributed by atoms with Gasteiger partial charge in [0.25, 0.3) is 0 Å². The minimum Gasteiger partial charge on any atom is -0.396 e. The van der Waals surface area contributed by atoms with Crippen molar-refractivity contribution in [2.75, 3.05) is 29.9 Å². The Balaban J connectivity index is 1.46. The fourth-order valence-corrected chi connectivity index (χ4v) is 3.10. The zero-order valence-corrected chi connectivity index (χ0v) is 13.1. The van der Waals surface area contributed by atoms with Crippen LogP contribution in [0.2, 0.25) is 0 Å². The number of anilines is 3. The van der Waals surface area contributed by atoms with Crippen LogP contribution in [-0.4, -0.2) is 45.0 Å². The summed E-state index contributed by atoms with van der Waals surface area (Å²) < 4.78 is 0. The first-order valence-corrected chi connectivity index (χ1v) is 8.33. The van der Waals surface area contributed by atoms with Crippen LogP contribution in [0.25, 0.3) is 0 Å². The summed E-state index contributed by atoms with van der Waals surface area (Å²) in [7, 11) is 0. The highest BCUT2D eigenvalue weighted by molar-refractivity contribution is 5.53. The zero-order valence-electron chi connectivity index (χ0n) is 13.1. The van der Waals surface area contributed by atoms with Gasteiger partial charge in [-0.3, -0.25) is 5.10 Å². The summed E-state index contributed by atoms with van der Waals surface area (Å²) in [6.45, 7) is 1.98. The Morgan fingerprint density at radius 2 is 2.22 bits per heavy atom. The second kappa shape index (κ2) is 6.16. The van der Waals surface area contributed by atoms with Gasteiger partial charge in [0.2, 0.25) is 5.95 Å². The van der Waals surface area contributed by atoms with Crippen LogP contribution < -0.4 is 10.2 Å². The van der Waals surface area contributed by atoms with Gasteiger partial charge in [-0.25, -0.2) is 4.98 Å². The average Bonchev–Trinajstić information content (AvgIpc) is 3.35. The van der Waals surface area contributed by atoms with Gasteiger partial charge >= 0.3 is 0 Å². The Morgan fingerprint density at radius 1 is 1.30 bits per heavy atom. The molecule has 2 aliphatic rings. The van der Waals surface area contributed by atoms with Crippen molar-refractivity contribution in [1.29, 1.82) is 0 Å². The largest absolute Gasteiger partial charge is 0.396 e. The third-order valence-electron chi connectivity index (χ3n) is 4.57. The highest BCUT2D eigenvalue weighted by Gasteiger charge is 2.25. The number of nitrogens with one attached hydrogen (secondary N) is 2. The lowest BCUT2D eigenvalue weighted by atomic mass is 9.99. The van der Waals surface area contributed by atoms with Crippen molar-refractivity contribution in [3.05, 3.63) is 24.0 Å². The van der Waals surface area contributed by atoms with Crippen molar-refractivity contribution in [3.8, 4) is 0 Å². The monoisotopic (exact) mass is 314 g/mol. The predicted octanol–water partition coefficient (Wildman–Crippen LogP) is 2.03. The molecule has 0 bridgehead atoms. The summed E-state index contributed by atoms with van der Waals surface area (Å²) in [5.41, 5.74) is 1.20. The van der Waals surface area contributed by atoms with E-state index in [-0.39, 0.29) is 6.61 Å². The molecule has 7 nitrogen and oxygen atoms in total. The van der Waals surface area contributed by atoms with E-state index in [4.69, 9.17) is 0 Å². The average molecular weight is 314 g/mol. The van der Waals surface area contributed by atoms with E-state index in [0.29, 0.717) is 17.8 Å². The molecule has 1 unspecified atom stereocenters. The maximum Gasteiger partial charge on any atom is 0.227 e. The zero-order chi connectivity index (χ0) is 15.6. The van der Waals surface area contributed by atoms with Crippen molar-refractivity contribution < 1.29 is 5.11 Å². The SMILES string of the molecule is OCC1CCCN(c2nccc(Nc3cc(C4CC4)[nH]n3)n2)C1. The summed E-state index contributed by atoms with van der Waals surface area (Å²) in [4.78, 5) is 11.1. The molecule has 0 amide bonds. The van der Waals surface area contributed by atoms with Crippen LogP contribution in [0.15, 0.2) is 18.3 Å². The molecule has 2 aromatic rings. The first kappa shape index (κ1) is 14.4. The quantitative estimate of drug-likeness (QED) is 0.782. The first-order chi connectivity index (χ1) is 11.3. The smallest absolute Gasteiger partial charge is 0.227 e. The molecular weight excluding hydrogens is 292 g/mol. The summed E-state index contributed by atoms with van der Waals surface area (Å²) >= 11 is 0. The second-order valence-corrected chi connectivity index (χ2v) is 6.49. The van der Waals surface area contributed by atoms with Crippen LogP contribution in [0.1, 0.15) is 37.3 Å². The fourth-order valence-electron chi connectivity index (χ4n) is 3.10. The number of aromatic nitrogens is 4. The molecule has 2 aromatic heterocycles. The Hall–Kier alpha value is -2.15. The third-order valence-corrected chi connectivity index (χ3v) is 4.57. The van der Waals surface area contributed by atoms with E-state index in [1.807, 2.05) is 6.07 Å². The Morgan fingerprint density at radius 3 is 3.04 bits per heavy atom. The number of nitrogens with zero attached hydrogens (tertiary/aromatic N) is 4. The molecule has 1 atom stereocenters. The number of hydrogen-bond acceptors (Lipinski definition) is 6. The summed E-state index contributed by atoms with van der Waals surface area (Å²) in [5, 5.41) is 20.0. The molecule has 1 saturated carbocycles. The number of aliphatic hydroxyl groups is 1. The molecule has 1 aliphatic heterocycles. The van der Waals surface area contributed by atoms with Gasteiger partial charge in [0.05, 0.1) is 0 Å². The number of piperidine rings is 1. The van der Waals surface area contributed by atoms with Crippen LogP contribution in [0.5, 0.6) is 0 Å². The minimum atomic E-state index is 0.228. The Labute approximate surface area is 135 Å². The van der Waals surface area contributed by atoms with E-state index in [0.717, 1.165) is 37.6 Å². The molecule has 7 heteroatoms. The van der Waals surface area contributed by atoms with E-state index < -0.39 is 0 Å². The lowest BCUT2D eigenvalue weighted by Gasteiger charge is -2.31. The van der Waals surface area contributed by atoms with E-state index >= 15 is 0 Å². The topological polar surface area (TPSA) is 90.0 Å². The van der Waals surface area contributed by atoms with Gasteiger partial charge in [-0.1, -0.05) is 0 Å². The minimum absolute atomic E-state index is 0.228. The van der Waals surface area contributed by atoms with Gasteiger partial charge in [0.15, 0.2) is 5.82 Å². The molecule has 3 heterocycles. The first-order valence-electron chi connectivity index (χ1n) is 8.33. The standard InChI is InChI=1S/C16H22N6O/c23-10-11-2-1-7-22(9-11)16-17-6-5-14(19-16)18-15-8-13(20-21-15)12-3-4-12/h5-6,8,11-12,23H,1-4,7,9-10H2,(H2,17,18,19,20,21). The van der Waals surface area contributed by atoms with E-state index in [1.165, 1.54) is 18.5 Å². The van der Waals surface area contributed by atoms with Gasteiger partial charge in [0, 0.05) is 43.6 Å². The summed E-state index contributed by atoms with van der Waals surface area (Å²) in [6, 6.07) is 3.91. The van der Waals surface area contributed by atoms with Crippen LogP contribution in [0, 0.1) is 5.92 Å². The molecule has 3 N–H and O–H groups in total. The fraction of sp³-hybridized carbons (Fsp3) is 0.562. The second-order valence-electron chi connectivity index (χ2n) is 6.49. The molecule has 122 valence electrons. The maximum absolute atomic E-state index is 9.37. The number of aliphatic hydroxyl groups excluding tert-OH is 1. The molecule has 0 aromatic carbocycles. The molecule has 4 rings (SSSR count). The highest BCUT2D eigenvalue weighted by Crippen LogP contribution is 2.39. The number of hydrogen-bond donors (Lipinski definition) is 3. The van der Waals surface area contributed by atoms with E-state index in [9.17, 15) is 5.11 Å². The highest BCUT2D eigenvalue weighted by atomic mass is 16.3. The van der Waals surface area contributed by atoms with Crippen LogP contribution in [-0.2, 0) is 0 Å². The number of aromatic amines is 1. The van der Waals surface area contributed by atoms with Crippen molar-refractivity contribution in [2.24, 2.45) is 5.92 Å². The van der Waals surface area contributed by atoms with Gasteiger partial charge in [0.1, 0.15) is 5.82 Å². The number of H-pyrrole nitrogens is 1. The normalized spacial score (nSPS) is 21.4. The van der Waals surface area contributed by atoms with Crippen molar-refractivity contribution >= 4 is 17.6 Å². The molecule has 0 spiro atoms. The summed E-state index contributed by atoms with van der Waals surface area (Å²) in [5.74, 6) is 3.23. The molecule has 1 saturated heterocycles. The molecule has 1 aliphatic carbocycles.